The summed E-state index contributed by atoms with van der Waals surface area (Å²) in [5, 5.41) is 2.86. The Morgan fingerprint density at radius 3 is 2.87 bits per heavy atom. The van der Waals surface area contributed by atoms with Gasteiger partial charge in [0, 0.05) is 45.3 Å². The third-order valence-corrected chi connectivity index (χ3v) is 4.64. The molecule has 2 heterocycles. The maximum absolute atomic E-state index is 11.2. The number of hydrogen-bond acceptors (Lipinski definition) is 4. The highest BCUT2D eigenvalue weighted by Gasteiger charge is 2.25. The first-order valence-corrected chi connectivity index (χ1v) is 8.58. The summed E-state index contributed by atoms with van der Waals surface area (Å²) in [6, 6.07) is 8.18. The van der Waals surface area contributed by atoms with Gasteiger partial charge in [0.25, 0.3) is 0 Å². The molecule has 1 aromatic carbocycles. The van der Waals surface area contributed by atoms with E-state index < -0.39 is 0 Å². The van der Waals surface area contributed by atoms with Crippen molar-refractivity contribution in [3.05, 3.63) is 29.8 Å². The molecule has 1 aromatic rings. The van der Waals surface area contributed by atoms with Crippen molar-refractivity contribution < 1.29 is 9.53 Å². The van der Waals surface area contributed by atoms with Gasteiger partial charge in [0.05, 0.1) is 13.2 Å². The number of carbonyl (C=O) groups is 1. The molecular weight excluding hydrogens is 290 g/mol. The van der Waals surface area contributed by atoms with Crippen molar-refractivity contribution in [2.24, 2.45) is 5.92 Å². The maximum atomic E-state index is 11.2. The highest BCUT2D eigenvalue weighted by molar-refractivity contribution is 5.88. The first-order chi connectivity index (χ1) is 11.2. The number of morpholine rings is 1. The minimum absolute atomic E-state index is 0.0195. The molecule has 126 valence electrons. The lowest BCUT2D eigenvalue weighted by Crippen LogP contribution is -2.39. The molecule has 0 aliphatic carbocycles. The second kappa shape index (κ2) is 7.90. The number of likely N-dealkylation sites (tertiary alicyclic amines) is 1. The molecule has 2 aliphatic rings. The van der Waals surface area contributed by atoms with Gasteiger partial charge in [0.2, 0.25) is 5.91 Å². The number of benzene rings is 1. The zero-order valence-electron chi connectivity index (χ0n) is 14.0. The van der Waals surface area contributed by atoms with E-state index in [1.165, 1.54) is 31.6 Å². The van der Waals surface area contributed by atoms with Crippen LogP contribution >= 0.6 is 0 Å². The number of carbonyl (C=O) groups excluding carboxylic acids is 1. The molecule has 23 heavy (non-hydrogen) atoms. The van der Waals surface area contributed by atoms with E-state index in [-0.39, 0.29) is 5.91 Å². The largest absolute Gasteiger partial charge is 0.379 e. The molecule has 1 amide bonds. The van der Waals surface area contributed by atoms with Crippen LogP contribution in [0, 0.1) is 5.92 Å². The summed E-state index contributed by atoms with van der Waals surface area (Å²) in [7, 11) is 0. The van der Waals surface area contributed by atoms with E-state index in [1.54, 1.807) is 6.92 Å². The average molecular weight is 317 g/mol. The summed E-state index contributed by atoms with van der Waals surface area (Å²) in [6.07, 6.45) is 1.28. The van der Waals surface area contributed by atoms with Crippen LogP contribution in [0.15, 0.2) is 24.3 Å². The topological polar surface area (TPSA) is 44.8 Å². The van der Waals surface area contributed by atoms with Crippen molar-refractivity contribution in [1.82, 2.24) is 9.80 Å². The second-order valence-corrected chi connectivity index (χ2v) is 6.68. The lowest BCUT2D eigenvalue weighted by molar-refractivity contribution is -0.114. The van der Waals surface area contributed by atoms with Crippen molar-refractivity contribution >= 4 is 11.6 Å². The Morgan fingerprint density at radius 1 is 1.26 bits per heavy atom. The molecule has 0 aromatic heterocycles. The molecule has 0 bridgehead atoms. The predicted octanol–water partition coefficient (Wildman–Crippen LogP) is 1.80. The standard InChI is InChI=1S/C18H27N3O2/c1-15(22)19-18-4-2-3-16(11-18)12-21-6-5-17(14-21)13-20-7-9-23-10-8-20/h2-4,11,17H,5-10,12-14H2,1H3,(H,19,22). The molecular formula is C18H27N3O2. The number of amides is 1. The molecule has 1 N–H and O–H groups in total. The smallest absolute Gasteiger partial charge is 0.221 e. The minimum atomic E-state index is -0.0195. The van der Waals surface area contributed by atoms with E-state index in [0.29, 0.717) is 0 Å². The Morgan fingerprint density at radius 2 is 2.09 bits per heavy atom. The van der Waals surface area contributed by atoms with Crippen LogP contribution in [0.25, 0.3) is 0 Å². The number of rotatable bonds is 5. The zero-order valence-corrected chi connectivity index (χ0v) is 14.0. The molecule has 1 atom stereocenters. The van der Waals surface area contributed by atoms with Crippen LogP contribution in [0.3, 0.4) is 0 Å². The Labute approximate surface area is 138 Å². The van der Waals surface area contributed by atoms with E-state index in [1.807, 2.05) is 12.1 Å². The van der Waals surface area contributed by atoms with Gasteiger partial charge < -0.3 is 10.1 Å². The third-order valence-electron chi connectivity index (χ3n) is 4.64. The van der Waals surface area contributed by atoms with Crippen LogP contribution < -0.4 is 5.32 Å². The van der Waals surface area contributed by atoms with Crippen LogP contribution in [-0.4, -0.2) is 61.6 Å². The summed E-state index contributed by atoms with van der Waals surface area (Å²) < 4.78 is 5.42. The molecule has 0 spiro atoms. The highest BCUT2D eigenvalue weighted by atomic mass is 16.5. The van der Waals surface area contributed by atoms with Crippen LogP contribution in [0.1, 0.15) is 18.9 Å². The average Bonchev–Trinajstić information content (AvgIpc) is 2.95. The van der Waals surface area contributed by atoms with Crippen LogP contribution in [-0.2, 0) is 16.1 Å². The van der Waals surface area contributed by atoms with Gasteiger partial charge in [-0.05, 0) is 36.6 Å². The predicted molar refractivity (Wildman–Crippen MR) is 91.4 cm³/mol. The third kappa shape index (κ3) is 5.03. The summed E-state index contributed by atoms with van der Waals surface area (Å²) in [4.78, 5) is 16.2. The second-order valence-electron chi connectivity index (χ2n) is 6.68. The molecule has 2 fully saturated rings. The Kier molecular flexibility index (Phi) is 5.65. The van der Waals surface area contributed by atoms with Gasteiger partial charge >= 0.3 is 0 Å². The van der Waals surface area contributed by atoms with Crippen molar-refractivity contribution in [2.45, 2.75) is 19.9 Å². The van der Waals surface area contributed by atoms with E-state index in [2.05, 4.69) is 27.2 Å². The fourth-order valence-corrected chi connectivity index (χ4v) is 3.56. The lowest BCUT2D eigenvalue weighted by atomic mass is 10.1. The van der Waals surface area contributed by atoms with Crippen LogP contribution in [0.5, 0.6) is 0 Å². The summed E-state index contributed by atoms with van der Waals surface area (Å²) in [6.45, 7) is 9.96. The number of hydrogen-bond donors (Lipinski definition) is 1. The van der Waals surface area contributed by atoms with Gasteiger partial charge in [-0.1, -0.05) is 12.1 Å². The van der Waals surface area contributed by atoms with E-state index in [9.17, 15) is 4.79 Å². The molecule has 0 saturated carbocycles. The van der Waals surface area contributed by atoms with Gasteiger partial charge in [-0.2, -0.15) is 0 Å². The fraction of sp³-hybridized carbons (Fsp3) is 0.611. The Hall–Kier alpha value is -1.43. The SMILES string of the molecule is CC(=O)Nc1cccc(CN2CCC(CN3CCOCC3)C2)c1. The molecule has 3 rings (SSSR count). The molecule has 5 nitrogen and oxygen atoms in total. The number of nitrogens with one attached hydrogen (secondary N) is 1. The fourth-order valence-electron chi connectivity index (χ4n) is 3.56. The van der Waals surface area contributed by atoms with E-state index >= 15 is 0 Å². The quantitative estimate of drug-likeness (QED) is 0.899. The Balaban J connectivity index is 1.48. The van der Waals surface area contributed by atoms with Gasteiger partial charge in [-0.25, -0.2) is 0 Å². The molecule has 2 saturated heterocycles. The Bertz CT molecular complexity index is 529. The summed E-state index contributed by atoms with van der Waals surface area (Å²) >= 11 is 0. The first kappa shape index (κ1) is 16.4. The summed E-state index contributed by atoms with van der Waals surface area (Å²) in [5.74, 6) is 0.750. The van der Waals surface area contributed by atoms with Crippen molar-refractivity contribution in [2.75, 3.05) is 51.3 Å². The van der Waals surface area contributed by atoms with Crippen LogP contribution in [0.4, 0.5) is 5.69 Å². The van der Waals surface area contributed by atoms with Crippen molar-refractivity contribution in [3.63, 3.8) is 0 Å². The lowest BCUT2D eigenvalue weighted by Gasteiger charge is -2.29. The van der Waals surface area contributed by atoms with E-state index in [4.69, 9.17) is 4.74 Å². The molecule has 1 unspecified atom stereocenters. The number of anilines is 1. The van der Waals surface area contributed by atoms with Gasteiger partial charge in [0.15, 0.2) is 0 Å². The van der Waals surface area contributed by atoms with Crippen molar-refractivity contribution in [1.29, 1.82) is 0 Å². The minimum Gasteiger partial charge on any atom is -0.379 e. The van der Waals surface area contributed by atoms with Gasteiger partial charge in [0.1, 0.15) is 0 Å². The molecule has 0 radical (unpaired) electrons. The summed E-state index contributed by atoms with van der Waals surface area (Å²) in [5.41, 5.74) is 2.15. The maximum Gasteiger partial charge on any atom is 0.221 e. The van der Waals surface area contributed by atoms with Crippen LogP contribution in [0.2, 0.25) is 0 Å². The number of nitrogens with zero attached hydrogens (tertiary/aromatic N) is 2. The first-order valence-electron chi connectivity index (χ1n) is 8.58. The van der Waals surface area contributed by atoms with Gasteiger partial charge in [-0.15, -0.1) is 0 Å². The monoisotopic (exact) mass is 317 g/mol. The van der Waals surface area contributed by atoms with Gasteiger partial charge in [-0.3, -0.25) is 14.6 Å². The number of ether oxygens (including phenoxy) is 1. The normalized spacial score (nSPS) is 23.1. The highest BCUT2D eigenvalue weighted by Crippen LogP contribution is 2.21. The van der Waals surface area contributed by atoms with E-state index in [0.717, 1.165) is 44.5 Å². The molecule has 2 aliphatic heterocycles. The van der Waals surface area contributed by atoms with Crippen molar-refractivity contribution in [3.8, 4) is 0 Å². The zero-order chi connectivity index (χ0) is 16.1. The molecule has 5 heteroatoms.